The summed E-state index contributed by atoms with van der Waals surface area (Å²) in [5, 5.41) is 4.71. The Morgan fingerprint density at radius 3 is 3.11 bits per heavy atom. The highest BCUT2D eigenvalue weighted by molar-refractivity contribution is 7.18. The van der Waals surface area contributed by atoms with Gasteiger partial charge in [0.15, 0.2) is 0 Å². The first-order valence-corrected chi connectivity index (χ1v) is 7.86. The Balaban J connectivity index is 1.60. The molecular formula is C15H21N3S. The molecule has 3 rings (SSSR count). The molecule has 4 heteroatoms. The third-order valence-corrected chi connectivity index (χ3v) is 4.73. The van der Waals surface area contributed by atoms with E-state index in [0.717, 1.165) is 18.0 Å². The number of hydrogen-bond acceptors (Lipinski definition) is 4. The normalized spacial score (nSPS) is 20.2. The third-order valence-electron chi connectivity index (χ3n) is 3.71. The van der Waals surface area contributed by atoms with Crippen molar-refractivity contribution in [1.29, 1.82) is 0 Å². The van der Waals surface area contributed by atoms with Crippen LogP contribution in [0.3, 0.4) is 0 Å². The molecule has 3 nitrogen and oxygen atoms in total. The highest BCUT2D eigenvalue weighted by atomic mass is 32.1. The molecule has 2 aromatic rings. The molecule has 0 aliphatic carbocycles. The number of rotatable bonds is 4. The van der Waals surface area contributed by atoms with Gasteiger partial charge < -0.3 is 5.32 Å². The topological polar surface area (TPSA) is 28.2 Å². The minimum absolute atomic E-state index is 0.799. The quantitative estimate of drug-likeness (QED) is 0.930. The minimum Gasteiger partial charge on any atom is -0.316 e. The summed E-state index contributed by atoms with van der Waals surface area (Å²) >= 11 is 1.82. The number of piperidine rings is 1. The molecule has 1 atom stereocenters. The zero-order chi connectivity index (χ0) is 13.1. The van der Waals surface area contributed by atoms with Crippen molar-refractivity contribution < 1.29 is 0 Å². The van der Waals surface area contributed by atoms with Crippen molar-refractivity contribution >= 4 is 21.6 Å². The molecule has 2 heterocycles. The van der Waals surface area contributed by atoms with Gasteiger partial charge >= 0.3 is 0 Å². The first kappa shape index (κ1) is 13.0. The maximum atomic E-state index is 4.71. The molecule has 1 unspecified atom stereocenters. The van der Waals surface area contributed by atoms with E-state index in [1.165, 1.54) is 42.2 Å². The second-order valence-corrected chi connectivity index (χ2v) is 6.60. The fourth-order valence-corrected chi connectivity index (χ4v) is 3.85. The van der Waals surface area contributed by atoms with E-state index < -0.39 is 0 Å². The van der Waals surface area contributed by atoms with Gasteiger partial charge in [0.2, 0.25) is 0 Å². The first-order chi connectivity index (χ1) is 9.31. The molecule has 0 spiro atoms. The van der Waals surface area contributed by atoms with Crippen LogP contribution in [-0.4, -0.2) is 36.6 Å². The van der Waals surface area contributed by atoms with Crippen LogP contribution < -0.4 is 5.32 Å². The number of hydrogen-bond donors (Lipinski definition) is 1. The Hall–Kier alpha value is -0.970. The van der Waals surface area contributed by atoms with Crippen molar-refractivity contribution in [1.82, 2.24) is 15.2 Å². The van der Waals surface area contributed by atoms with E-state index in [0.29, 0.717) is 0 Å². The lowest BCUT2D eigenvalue weighted by Crippen LogP contribution is -2.36. The third kappa shape index (κ3) is 3.32. The van der Waals surface area contributed by atoms with Gasteiger partial charge in [-0.2, -0.15) is 0 Å². The number of thiazole rings is 1. The average molecular weight is 275 g/mol. The molecule has 1 saturated heterocycles. The Kier molecular flexibility index (Phi) is 4.11. The van der Waals surface area contributed by atoms with Gasteiger partial charge in [-0.25, -0.2) is 4.98 Å². The summed E-state index contributed by atoms with van der Waals surface area (Å²) in [4.78, 5) is 7.12. The molecule has 102 valence electrons. The first-order valence-electron chi connectivity index (χ1n) is 7.05. The second-order valence-electron chi connectivity index (χ2n) is 5.48. The lowest BCUT2D eigenvalue weighted by Gasteiger charge is -2.27. The van der Waals surface area contributed by atoms with E-state index in [-0.39, 0.29) is 0 Å². The van der Waals surface area contributed by atoms with Gasteiger partial charge in [0.25, 0.3) is 0 Å². The monoisotopic (exact) mass is 275 g/mol. The molecule has 0 amide bonds. The largest absolute Gasteiger partial charge is 0.316 e. The second kappa shape index (κ2) is 5.99. The summed E-state index contributed by atoms with van der Waals surface area (Å²) in [5.74, 6) is 0.799. The Morgan fingerprint density at radius 1 is 1.42 bits per heavy atom. The molecule has 0 saturated carbocycles. The summed E-state index contributed by atoms with van der Waals surface area (Å²) < 4.78 is 1.30. The van der Waals surface area contributed by atoms with Crippen LogP contribution in [0.1, 0.15) is 17.8 Å². The lowest BCUT2D eigenvalue weighted by atomic mass is 9.99. The van der Waals surface area contributed by atoms with Crippen LogP contribution in [0.15, 0.2) is 24.3 Å². The van der Waals surface area contributed by atoms with Gasteiger partial charge in [0.1, 0.15) is 5.01 Å². The number of fused-ring (bicyclic) bond motifs is 1. The van der Waals surface area contributed by atoms with E-state index in [1.807, 2.05) is 11.3 Å². The highest BCUT2D eigenvalue weighted by Crippen LogP contribution is 2.22. The molecule has 0 bridgehead atoms. The maximum Gasteiger partial charge on any atom is 0.108 e. The Labute approximate surface area is 118 Å². The summed E-state index contributed by atoms with van der Waals surface area (Å²) in [6, 6.07) is 8.40. The summed E-state index contributed by atoms with van der Waals surface area (Å²) in [6.07, 6.45) is 2.68. The number of benzene rings is 1. The number of aromatic nitrogens is 1. The van der Waals surface area contributed by atoms with Crippen LogP contribution in [0.4, 0.5) is 0 Å². The predicted molar refractivity (Wildman–Crippen MR) is 81.5 cm³/mol. The molecule has 0 radical (unpaired) electrons. The van der Waals surface area contributed by atoms with Crippen LogP contribution in [0, 0.1) is 5.92 Å². The SMILES string of the molecule is CN(Cc1nc2ccccc2s1)CC1CCCNC1. The van der Waals surface area contributed by atoms with Crippen LogP contribution in [0.25, 0.3) is 10.2 Å². The van der Waals surface area contributed by atoms with Crippen molar-refractivity contribution in [2.45, 2.75) is 19.4 Å². The maximum absolute atomic E-state index is 4.71. The number of para-hydroxylation sites is 1. The van der Waals surface area contributed by atoms with E-state index in [9.17, 15) is 0 Å². The smallest absolute Gasteiger partial charge is 0.108 e. The Morgan fingerprint density at radius 2 is 2.32 bits per heavy atom. The van der Waals surface area contributed by atoms with Crippen LogP contribution in [-0.2, 0) is 6.54 Å². The van der Waals surface area contributed by atoms with Crippen molar-refractivity contribution in [2.24, 2.45) is 5.92 Å². The lowest BCUT2D eigenvalue weighted by molar-refractivity contribution is 0.237. The van der Waals surface area contributed by atoms with E-state index in [2.05, 4.69) is 41.5 Å². The molecule has 1 fully saturated rings. The van der Waals surface area contributed by atoms with Crippen molar-refractivity contribution in [2.75, 3.05) is 26.7 Å². The van der Waals surface area contributed by atoms with Crippen molar-refractivity contribution in [3.63, 3.8) is 0 Å². The molecule has 1 N–H and O–H groups in total. The fraction of sp³-hybridized carbons (Fsp3) is 0.533. The van der Waals surface area contributed by atoms with Gasteiger partial charge in [-0.15, -0.1) is 11.3 Å². The van der Waals surface area contributed by atoms with Gasteiger partial charge in [0, 0.05) is 6.54 Å². The highest BCUT2D eigenvalue weighted by Gasteiger charge is 2.15. The molecule has 1 aliphatic heterocycles. The molecule has 19 heavy (non-hydrogen) atoms. The predicted octanol–water partition coefficient (Wildman–Crippen LogP) is 2.73. The van der Waals surface area contributed by atoms with E-state index in [1.54, 1.807) is 0 Å². The molecule has 1 aromatic carbocycles. The van der Waals surface area contributed by atoms with Crippen LogP contribution in [0.2, 0.25) is 0 Å². The van der Waals surface area contributed by atoms with Crippen LogP contribution >= 0.6 is 11.3 Å². The molecular weight excluding hydrogens is 254 g/mol. The molecule has 1 aliphatic rings. The van der Waals surface area contributed by atoms with Crippen molar-refractivity contribution in [3.05, 3.63) is 29.3 Å². The summed E-state index contributed by atoms with van der Waals surface area (Å²) in [5.41, 5.74) is 1.13. The number of nitrogens with zero attached hydrogens (tertiary/aromatic N) is 2. The van der Waals surface area contributed by atoms with Crippen LogP contribution in [0.5, 0.6) is 0 Å². The Bertz CT molecular complexity index is 498. The average Bonchev–Trinajstić information content (AvgIpc) is 2.81. The standard InChI is InChI=1S/C15H21N3S/c1-18(10-12-5-4-8-16-9-12)11-15-17-13-6-2-3-7-14(13)19-15/h2-3,6-7,12,16H,4-5,8-11H2,1H3. The van der Waals surface area contributed by atoms with Crippen molar-refractivity contribution in [3.8, 4) is 0 Å². The van der Waals surface area contributed by atoms with Gasteiger partial charge in [-0.05, 0) is 51.0 Å². The van der Waals surface area contributed by atoms with E-state index in [4.69, 9.17) is 4.98 Å². The van der Waals surface area contributed by atoms with E-state index >= 15 is 0 Å². The minimum atomic E-state index is 0.799. The molecule has 1 aromatic heterocycles. The summed E-state index contributed by atoms with van der Waals surface area (Å²) in [6.45, 7) is 4.50. The van der Waals surface area contributed by atoms with Gasteiger partial charge in [-0.1, -0.05) is 12.1 Å². The van der Waals surface area contributed by atoms with Gasteiger partial charge in [0.05, 0.1) is 16.8 Å². The fourth-order valence-electron chi connectivity index (χ4n) is 2.80. The van der Waals surface area contributed by atoms with Gasteiger partial charge in [-0.3, -0.25) is 4.90 Å². The zero-order valence-electron chi connectivity index (χ0n) is 11.4. The summed E-state index contributed by atoms with van der Waals surface area (Å²) in [7, 11) is 2.21. The zero-order valence-corrected chi connectivity index (χ0v) is 12.2. The number of nitrogens with one attached hydrogen (secondary N) is 1.